The van der Waals surface area contributed by atoms with Crippen LogP contribution in [0.2, 0.25) is 0 Å². The molecule has 0 N–H and O–H groups in total. The van der Waals surface area contributed by atoms with E-state index in [2.05, 4.69) is 31.2 Å². The molecule has 0 saturated heterocycles. The van der Waals surface area contributed by atoms with Gasteiger partial charge in [0.2, 0.25) is 0 Å². The molecule has 0 aliphatic carbocycles. The van der Waals surface area contributed by atoms with Gasteiger partial charge in [0.15, 0.2) is 0 Å². The fourth-order valence-corrected chi connectivity index (χ4v) is 3.05. The van der Waals surface area contributed by atoms with Crippen LogP contribution in [0.1, 0.15) is 67.9 Å². The Morgan fingerprint density at radius 3 is 2.04 bits per heavy atom. The lowest BCUT2D eigenvalue weighted by molar-refractivity contribution is -0.00520. The van der Waals surface area contributed by atoms with E-state index in [4.69, 9.17) is 4.74 Å². The number of ether oxygens (including phenoxy) is 1. The quantitative estimate of drug-likeness (QED) is 0.525. The first-order valence-corrected chi connectivity index (χ1v) is 9.37. The third-order valence-corrected chi connectivity index (χ3v) is 4.52. The lowest BCUT2D eigenvalue weighted by Crippen LogP contribution is -2.28. The highest BCUT2D eigenvalue weighted by molar-refractivity contribution is 5.89. The first-order chi connectivity index (χ1) is 12.0. The highest BCUT2D eigenvalue weighted by Crippen LogP contribution is 2.22. The van der Waals surface area contributed by atoms with Gasteiger partial charge in [-0.2, -0.15) is 0 Å². The summed E-state index contributed by atoms with van der Waals surface area (Å²) in [6.07, 6.45) is 6.51. The van der Waals surface area contributed by atoms with Gasteiger partial charge in [-0.05, 0) is 69.2 Å². The van der Waals surface area contributed by atoms with Crippen molar-refractivity contribution >= 4 is 5.97 Å². The van der Waals surface area contributed by atoms with E-state index in [1.807, 2.05) is 32.0 Å². The molecule has 0 saturated carbocycles. The average Bonchev–Trinajstić information content (AvgIpc) is 2.61. The first-order valence-electron chi connectivity index (χ1n) is 9.37. The number of aryl methyl sites for hydroxylation is 2. The minimum Gasteiger partial charge on any atom is -0.456 e. The van der Waals surface area contributed by atoms with Gasteiger partial charge >= 0.3 is 5.97 Å². The summed E-state index contributed by atoms with van der Waals surface area (Å²) < 4.78 is 5.72. The van der Waals surface area contributed by atoms with Crippen molar-refractivity contribution in [2.45, 2.75) is 64.9 Å². The molecule has 0 heterocycles. The highest BCUT2D eigenvalue weighted by atomic mass is 16.6. The van der Waals surface area contributed by atoms with Gasteiger partial charge in [-0.1, -0.05) is 55.8 Å². The van der Waals surface area contributed by atoms with E-state index < -0.39 is 5.60 Å². The van der Waals surface area contributed by atoms with Crippen LogP contribution in [0.25, 0.3) is 0 Å². The van der Waals surface area contributed by atoms with Crippen molar-refractivity contribution in [1.82, 2.24) is 0 Å². The van der Waals surface area contributed by atoms with Crippen LogP contribution < -0.4 is 0 Å². The maximum atomic E-state index is 12.2. The van der Waals surface area contributed by atoms with Gasteiger partial charge in [0.25, 0.3) is 0 Å². The molecule has 0 bridgehead atoms. The van der Waals surface area contributed by atoms with Crippen LogP contribution in [0.5, 0.6) is 0 Å². The summed E-state index contributed by atoms with van der Waals surface area (Å²) in [5.74, 6) is -0.242. The molecule has 25 heavy (non-hydrogen) atoms. The summed E-state index contributed by atoms with van der Waals surface area (Å²) in [6.45, 7) is 6.22. The second-order valence-corrected chi connectivity index (χ2v) is 7.24. The zero-order valence-corrected chi connectivity index (χ0v) is 15.8. The summed E-state index contributed by atoms with van der Waals surface area (Å²) >= 11 is 0. The van der Waals surface area contributed by atoms with Crippen molar-refractivity contribution in [3.63, 3.8) is 0 Å². The standard InChI is InChI=1S/C23H30O2/c1-4-5-12-19-13-9-10-14-20(19)17-11-18-23(2,3)25-22(24)21-15-7-6-8-16-21/h6-10,13-16H,4-5,11-12,17-18H2,1-3H3. The van der Waals surface area contributed by atoms with Crippen LogP contribution in [0, 0.1) is 0 Å². The maximum absolute atomic E-state index is 12.2. The average molecular weight is 338 g/mol. The smallest absolute Gasteiger partial charge is 0.338 e. The van der Waals surface area contributed by atoms with Crippen LogP contribution in [0.4, 0.5) is 0 Å². The molecule has 0 atom stereocenters. The Morgan fingerprint density at radius 2 is 1.44 bits per heavy atom. The van der Waals surface area contributed by atoms with Crippen LogP contribution in [0.15, 0.2) is 54.6 Å². The topological polar surface area (TPSA) is 26.3 Å². The largest absolute Gasteiger partial charge is 0.456 e. The van der Waals surface area contributed by atoms with Crippen LogP contribution in [-0.2, 0) is 17.6 Å². The third-order valence-electron chi connectivity index (χ3n) is 4.52. The number of carbonyl (C=O) groups is 1. The third kappa shape index (κ3) is 6.38. The molecule has 2 nitrogen and oxygen atoms in total. The second kappa shape index (κ2) is 9.41. The Balaban J connectivity index is 1.87. The van der Waals surface area contributed by atoms with Gasteiger partial charge in [0, 0.05) is 0 Å². The summed E-state index contributed by atoms with van der Waals surface area (Å²) in [5, 5.41) is 0. The second-order valence-electron chi connectivity index (χ2n) is 7.24. The minimum atomic E-state index is -0.453. The van der Waals surface area contributed by atoms with Gasteiger partial charge in [0.1, 0.15) is 5.60 Å². The monoisotopic (exact) mass is 338 g/mol. The van der Waals surface area contributed by atoms with Crippen molar-refractivity contribution < 1.29 is 9.53 Å². The summed E-state index contributed by atoms with van der Waals surface area (Å²) in [4.78, 5) is 12.2. The van der Waals surface area contributed by atoms with Crippen molar-refractivity contribution in [2.24, 2.45) is 0 Å². The van der Waals surface area contributed by atoms with E-state index in [0.29, 0.717) is 5.56 Å². The Kier molecular flexibility index (Phi) is 7.24. The molecule has 0 radical (unpaired) electrons. The van der Waals surface area contributed by atoms with E-state index >= 15 is 0 Å². The van der Waals surface area contributed by atoms with Crippen LogP contribution in [-0.4, -0.2) is 11.6 Å². The van der Waals surface area contributed by atoms with E-state index in [9.17, 15) is 4.79 Å². The lowest BCUT2D eigenvalue weighted by Gasteiger charge is -2.25. The molecule has 2 rings (SSSR count). The SMILES string of the molecule is CCCCc1ccccc1CCCC(C)(C)OC(=O)c1ccccc1. The Bertz CT molecular complexity index is 659. The Morgan fingerprint density at radius 1 is 0.880 bits per heavy atom. The predicted molar refractivity (Wildman–Crippen MR) is 104 cm³/mol. The Labute approximate surface area is 152 Å². The normalized spacial score (nSPS) is 11.3. The molecule has 0 aliphatic rings. The minimum absolute atomic E-state index is 0.242. The molecular formula is C23H30O2. The molecular weight excluding hydrogens is 308 g/mol. The predicted octanol–water partition coefficient (Wildman–Crippen LogP) is 5.99. The highest BCUT2D eigenvalue weighted by Gasteiger charge is 2.23. The van der Waals surface area contributed by atoms with Gasteiger partial charge in [0.05, 0.1) is 5.56 Å². The number of benzene rings is 2. The van der Waals surface area contributed by atoms with Gasteiger partial charge in [-0.15, -0.1) is 0 Å². The van der Waals surface area contributed by atoms with Crippen molar-refractivity contribution in [1.29, 1.82) is 0 Å². The van der Waals surface area contributed by atoms with Crippen molar-refractivity contribution in [2.75, 3.05) is 0 Å². The van der Waals surface area contributed by atoms with Gasteiger partial charge < -0.3 is 4.74 Å². The number of unbranched alkanes of at least 4 members (excludes halogenated alkanes) is 1. The fraction of sp³-hybridized carbons (Fsp3) is 0.435. The molecule has 0 amide bonds. The molecule has 0 aliphatic heterocycles. The zero-order valence-electron chi connectivity index (χ0n) is 15.8. The van der Waals surface area contributed by atoms with Gasteiger partial charge in [-0.25, -0.2) is 4.79 Å². The van der Waals surface area contributed by atoms with E-state index in [0.717, 1.165) is 25.7 Å². The number of rotatable bonds is 9. The summed E-state index contributed by atoms with van der Waals surface area (Å²) in [5.41, 5.74) is 3.05. The molecule has 2 heteroatoms. The van der Waals surface area contributed by atoms with E-state index in [-0.39, 0.29) is 5.97 Å². The van der Waals surface area contributed by atoms with E-state index in [1.54, 1.807) is 12.1 Å². The summed E-state index contributed by atoms with van der Waals surface area (Å²) in [6, 6.07) is 17.9. The number of carbonyl (C=O) groups excluding carboxylic acids is 1. The molecule has 2 aromatic carbocycles. The number of hydrogen-bond acceptors (Lipinski definition) is 2. The van der Waals surface area contributed by atoms with Crippen LogP contribution in [0.3, 0.4) is 0 Å². The number of esters is 1. The lowest BCUT2D eigenvalue weighted by atomic mass is 9.94. The Hall–Kier alpha value is -2.09. The molecule has 0 unspecified atom stereocenters. The molecule has 0 aromatic heterocycles. The number of hydrogen-bond donors (Lipinski definition) is 0. The van der Waals surface area contributed by atoms with E-state index in [1.165, 1.54) is 24.0 Å². The van der Waals surface area contributed by atoms with Crippen LogP contribution >= 0.6 is 0 Å². The van der Waals surface area contributed by atoms with Crippen molar-refractivity contribution in [3.05, 3.63) is 71.3 Å². The first kappa shape index (κ1) is 19.2. The molecule has 134 valence electrons. The fourth-order valence-electron chi connectivity index (χ4n) is 3.05. The van der Waals surface area contributed by atoms with Crippen molar-refractivity contribution in [3.8, 4) is 0 Å². The zero-order chi connectivity index (χ0) is 18.1. The molecule has 0 spiro atoms. The molecule has 0 fully saturated rings. The maximum Gasteiger partial charge on any atom is 0.338 e. The van der Waals surface area contributed by atoms with Gasteiger partial charge in [-0.3, -0.25) is 0 Å². The summed E-state index contributed by atoms with van der Waals surface area (Å²) in [7, 11) is 0. The molecule has 2 aromatic rings.